The number of benzene rings is 2. The van der Waals surface area contributed by atoms with Gasteiger partial charge in [0.05, 0.1) is 0 Å². The van der Waals surface area contributed by atoms with Crippen molar-refractivity contribution in [1.29, 1.82) is 0 Å². The van der Waals surface area contributed by atoms with Crippen molar-refractivity contribution in [3.63, 3.8) is 0 Å². The van der Waals surface area contributed by atoms with E-state index in [1.54, 1.807) is 12.1 Å². The molecular formula is C23H22N2O4S2. The Morgan fingerprint density at radius 1 is 1.03 bits per heavy atom. The van der Waals surface area contributed by atoms with Crippen LogP contribution in [0.15, 0.2) is 70.9 Å². The average molecular weight is 455 g/mol. The van der Waals surface area contributed by atoms with E-state index in [2.05, 4.69) is 29.6 Å². The molecule has 8 heteroatoms. The summed E-state index contributed by atoms with van der Waals surface area (Å²) in [6, 6.07) is 19.6. The van der Waals surface area contributed by atoms with Gasteiger partial charge in [-0.3, -0.25) is 0 Å². The normalized spacial score (nSPS) is 13.2. The lowest BCUT2D eigenvalue weighted by Gasteiger charge is -2.14. The first-order valence-corrected chi connectivity index (χ1v) is 12.2. The molecule has 1 heterocycles. The second-order valence-electron chi connectivity index (χ2n) is 7.15. The van der Waals surface area contributed by atoms with Crippen LogP contribution in [-0.2, 0) is 14.8 Å². The number of nitrogens with two attached hydrogens (primary N) is 1. The molecule has 0 spiro atoms. The highest BCUT2D eigenvalue weighted by molar-refractivity contribution is 7.91. The van der Waals surface area contributed by atoms with Gasteiger partial charge in [-0.05, 0) is 46.9 Å². The molecule has 3 N–H and O–H groups in total. The zero-order chi connectivity index (χ0) is 21.8. The zero-order valence-electron chi connectivity index (χ0n) is 16.7. The maximum Gasteiger partial charge on any atom is 0.407 e. The fourth-order valence-corrected chi connectivity index (χ4v) is 5.36. The van der Waals surface area contributed by atoms with E-state index in [0.717, 1.165) is 16.2 Å². The van der Waals surface area contributed by atoms with Gasteiger partial charge >= 0.3 is 6.09 Å². The molecule has 160 valence electrons. The third-order valence-corrected chi connectivity index (χ3v) is 7.58. The van der Waals surface area contributed by atoms with Gasteiger partial charge in [0.15, 0.2) is 0 Å². The average Bonchev–Trinajstić information content (AvgIpc) is 3.35. The molecule has 3 aromatic rings. The van der Waals surface area contributed by atoms with Crippen LogP contribution in [-0.4, -0.2) is 27.7 Å². The fraction of sp³-hybridized carbons (Fsp3) is 0.174. The van der Waals surface area contributed by atoms with E-state index in [4.69, 9.17) is 9.88 Å². The highest BCUT2D eigenvalue weighted by atomic mass is 32.2. The quantitative estimate of drug-likeness (QED) is 0.519. The molecule has 4 rings (SSSR count). The summed E-state index contributed by atoms with van der Waals surface area (Å²) in [6.45, 7) is 0.696. The van der Waals surface area contributed by atoms with Gasteiger partial charge in [0, 0.05) is 17.3 Å². The number of carbonyl (C=O) groups excluding carboxylic acids is 1. The predicted octanol–water partition coefficient (Wildman–Crippen LogP) is 4.34. The van der Waals surface area contributed by atoms with Crippen molar-refractivity contribution in [1.82, 2.24) is 5.32 Å². The Morgan fingerprint density at radius 2 is 1.68 bits per heavy atom. The van der Waals surface area contributed by atoms with Crippen molar-refractivity contribution >= 4 is 33.5 Å². The van der Waals surface area contributed by atoms with Crippen LogP contribution in [0.4, 0.5) is 4.79 Å². The SMILES string of the molecule is NS(=O)(=O)c1ccc(C=CCCNC(=O)OCC2c3ccccc3-c3ccccc32)s1. The number of carbonyl (C=O) groups is 1. The van der Waals surface area contributed by atoms with Crippen LogP contribution in [0.1, 0.15) is 28.3 Å². The van der Waals surface area contributed by atoms with Crippen molar-refractivity contribution in [3.05, 3.63) is 82.7 Å². The van der Waals surface area contributed by atoms with Gasteiger partial charge in [0.2, 0.25) is 10.0 Å². The van der Waals surface area contributed by atoms with Crippen LogP contribution in [0.3, 0.4) is 0 Å². The summed E-state index contributed by atoms with van der Waals surface area (Å²) >= 11 is 1.10. The number of thiophene rings is 1. The molecule has 0 fully saturated rings. The summed E-state index contributed by atoms with van der Waals surface area (Å²) in [5, 5.41) is 7.85. The van der Waals surface area contributed by atoms with E-state index in [1.165, 1.54) is 28.3 Å². The maximum absolute atomic E-state index is 12.1. The Morgan fingerprint density at radius 3 is 2.29 bits per heavy atom. The first-order chi connectivity index (χ1) is 14.9. The van der Waals surface area contributed by atoms with E-state index in [0.29, 0.717) is 13.0 Å². The lowest BCUT2D eigenvalue weighted by molar-refractivity contribution is 0.143. The highest BCUT2D eigenvalue weighted by Crippen LogP contribution is 2.44. The molecular weight excluding hydrogens is 432 g/mol. The first kappa shape index (κ1) is 21.3. The molecule has 1 aliphatic carbocycles. The van der Waals surface area contributed by atoms with Crippen molar-refractivity contribution in [3.8, 4) is 11.1 Å². The highest BCUT2D eigenvalue weighted by Gasteiger charge is 2.28. The van der Waals surface area contributed by atoms with Gasteiger partial charge in [-0.1, -0.05) is 54.6 Å². The summed E-state index contributed by atoms with van der Waals surface area (Å²) in [7, 11) is -3.67. The number of amides is 1. The number of rotatable bonds is 7. The first-order valence-electron chi connectivity index (χ1n) is 9.81. The molecule has 0 unspecified atom stereocenters. The molecule has 1 aliphatic rings. The maximum atomic E-state index is 12.1. The Bertz CT molecular complexity index is 1190. The molecule has 0 saturated carbocycles. The van der Waals surface area contributed by atoms with E-state index in [-0.39, 0.29) is 16.7 Å². The van der Waals surface area contributed by atoms with Crippen molar-refractivity contribution in [2.75, 3.05) is 13.2 Å². The lowest BCUT2D eigenvalue weighted by atomic mass is 9.98. The van der Waals surface area contributed by atoms with Gasteiger partial charge in [-0.15, -0.1) is 11.3 Å². The Labute approximate surface area is 185 Å². The Hall–Kier alpha value is -2.94. The molecule has 0 bridgehead atoms. The van der Waals surface area contributed by atoms with Crippen molar-refractivity contribution in [2.45, 2.75) is 16.5 Å². The van der Waals surface area contributed by atoms with Gasteiger partial charge in [-0.2, -0.15) is 0 Å². The summed E-state index contributed by atoms with van der Waals surface area (Å²) in [5.41, 5.74) is 4.73. The summed E-state index contributed by atoms with van der Waals surface area (Å²) in [6.07, 6.45) is 3.80. The van der Waals surface area contributed by atoms with Crippen molar-refractivity contribution < 1.29 is 17.9 Å². The van der Waals surface area contributed by atoms with Gasteiger partial charge in [-0.25, -0.2) is 18.4 Å². The minimum atomic E-state index is -3.67. The van der Waals surface area contributed by atoms with Crippen LogP contribution < -0.4 is 10.5 Å². The summed E-state index contributed by atoms with van der Waals surface area (Å²) in [4.78, 5) is 12.9. The van der Waals surface area contributed by atoms with Crippen LogP contribution in [0, 0.1) is 0 Å². The van der Waals surface area contributed by atoms with Crippen LogP contribution >= 0.6 is 11.3 Å². The van der Waals surface area contributed by atoms with Gasteiger partial charge < -0.3 is 10.1 Å². The van der Waals surface area contributed by atoms with E-state index in [1.807, 2.05) is 30.3 Å². The summed E-state index contributed by atoms with van der Waals surface area (Å²) in [5.74, 6) is 0.0323. The van der Waals surface area contributed by atoms with E-state index >= 15 is 0 Å². The molecule has 6 nitrogen and oxygen atoms in total. The number of ether oxygens (including phenoxy) is 1. The fourth-order valence-electron chi connectivity index (χ4n) is 3.68. The van der Waals surface area contributed by atoms with E-state index in [9.17, 15) is 13.2 Å². The number of hydrogen-bond donors (Lipinski definition) is 2. The molecule has 0 aliphatic heterocycles. The summed E-state index contributed by atoms with van der Waals surface area (Å²) < 4.78 is 28.2. The van der Waals surface area contributed by atoms with E-state index < -0.39 is 16.1 Å². The lowest BCUT2D eigenvalue weighted by Crippen LogP contribution is -2.26. The minimum absolute atomic E-state index is 0.0323. The number of hydrogen-bond acceptors (Lipinski definition) is 5. The molecule has 31 heavy (non-hydrogen) atoms. The second-order valence-corrected chi connectivity index (χ2v) is 10.0. The molecule has 1 aromatic heterocycles. The molecule has 0 atom stereocenters. The Balaban J connectivity index is 1.26. The second kappa shape index (κ2) is 9.05. The smallest absolute Gasteiger partial charge is 0.407 e. The number of primary sulfonamides is 1. The zero-order valence-corrected chi connectivity index (χ0v) is 18.3. The molecule has 2 aromatic carbocycles. The topological polar surface area (TPSA) is 98.5 Å². The molecule has 0 radical (unpaired) electrons. The Kier molecular flexibility index (Phi) is 6.22. The largest absolute Gasteiger partial charge is 0.449 e. The molecule has 1 amide bonds. The number of fused-ring (bicyclic) bond motifs is 3. The number of nitrogens with one attached hydrogen (secondary N) is 1. The van der Waals surface area contributed by atoms with Crippen molar-refractivity contribution in [2.24, 2.45) is 5.14 Å². The number of sulfonamides is 1. The third-order valence-electron chi connectivity index (χ3n) is 5.09. The van der Waals surface area contributed by atoms with Gasteiger partial charge in [0.25, 0.3) is 0 Å². The molecule has 0 saturated heterocycles. The third kappa shape index (κ3) is 4.87. The monoisotopic (exact) mass is 454 g/mol. The van der Waals surface area contributed by atoms with Crippen LogP contribution in [0.5, 0.6) is 0 Å². The minimum Gasteiger partial charge on any atom is -0.449 e. The van der Waals surface area contributed by atoms with Gasteiger partial charge in [0.1, 0.15) is 10.8 Å². The standard InChI is InChI=1S/C23H22N2O4S2/c24-31(27,28)22-13-12-16(30-22)7-5-6-14-25-23(26)29-15-21-19-10-3-1-8-17(19)18-9-2-4-11-20(18)21/h1-5,7-13,21H,6,14-15H2,(H,25,26)(H2,24,27,28). The number of alkyl carbamates (subject to hydrolysis) is 1. The predicted molar refractivity (Wildman–Crippen MR) is 122 cm³/mol. The van der Waals surface area contributed by atoms with Crippen LogP contribution in [0.2, 0.25) is 0 Å². The van der Waals surface area contributed by atoms with Crippen LogP contribution in [0.25, 0.3) is 17.2 Å².